The number of methoxy groups -OCH3 is 1. The maximum atomic E-state index is 12.8. The highest BCUT2D eigenvalue weighted by Crippen LogP contribution is 2.25. The number of aryl methyl sites for hydroxylation is 1. The number of carbonyl (C=O) groups is 3. The van der Waals surface area contributed by atoms with Crippen molar-refractivity contribution in [1.29, 1.82) is 0 Å². The SMILES string of the molecule is COCCCN1C(=O)c2ccc(C(=O)N(C)Cc3sccc3C)cc2C1=O. The van der Waals surface area contributed by atoms with Crippen molar-refractivity contribution in [3.8, 4) is 0 Å². The summed E-state index contributed by atoms with van der Waals surface area (Å²) >= 11 is 1.61. The van der Waals surface area contributed by atoms with Gasteiger partial charge in [-0.15, -0.1) is 11.3 Å². The van der Waals surface area contributed by atoms with Gasteiger partial charge in [-0.1, -0.05) is 0 Å². The van der Waals surface area contributed by atoms with Gasteiger partial charge in [-0.05, 0) is 48.6 Å². The summed E-state index contributed by atoms with van der Waals surface area (Å²) in [6, 6.07) is 6.74. The van der Waals surface area contributed by atoms with Gasteiger partial charge in [0.1, 0.15) is 0 Å². The first-order chi connectivity index (χ1) is 12.9. The first-order valence-corrected chi connectivity index (χ1v) is 9.59. The van der Waals surface area contributed by atoms with Crippen LogP contribution >= 0.6 is 11.3 Å². The number of hydrogen-bond acceptors (Lipinski definition) is 5. The lowest BCUT2D eigenvalue weighted by molar-refractivity contribution is 0.0638. The minimum absolute atomic E-state index is 0.177. The number of imide groups is 1. The van der Waals surface area contributed by atoms with Crippen molar-refractivity contribution in [3.63, 3.8) is 0 Å². The summed E-state index contributed by atoms with van der Waals surface area (Å²) in [5.41, 5.74) is 2.21. The van der Waals surface area contributed by atoms with Crippen LogP contribution < -0.4 is 0 Å². The second-order valence-electron chi connectivity index (χ2n) is 6.56. The molecule has 0 radical (unpaired) electrons. The van der Waals surface area contributed by atoms with E-state index in [2.05, 4.69) is 0 Å². The Labute approximate surface area is 162 Å². The molecule has 0 saturated heterocycles. The van der Waals surface area contributed by atoms with E-state index in [1.54, 1.807) is 42.5 Å². The van der Waals surface area contributed by atoms with Crippen molar-refractivity contribution in [2.75, 3.05) is 27.3 Å². The lowest BCUT2D eigenvalue weighted by Crippen LogP contribution is -2.31. The highest BCUT2D eigenvalue weighted by molar-refractivity contribution is 7.10. The largest absolute Gasteiger partial charge is 0.385 e. The van der Waals surface area contributed by atoms with Gasteiger partial charge in [-0.25, -0.2) is 0 Å². The van der Waals surface area contributed by atoms with Gasteiger partial charge in [0.2, 0.25) is 0 Å². The van der Waals surface area contributed by atoms with Crippen molar-refractivity contribution in [1.82, 2.24) is 9.80 Å². The number of amides is 3. The van der Waals surface area contributed by atoms with Crippen molar-refractivity contribution < 1.29 is 19.1 Å². The molecular weight excluding hydrogens is 364 g/mol. The monoisotopic (exact) mass is 386 g/mol. The Morgan fingerprint density at radius 2 is 1.93 bits per heavy atom. The smallest absolute Gasteiger partial charge is 0.261 e. The number of rotatable bonds is 7. The lowest BCUT2D eigenvalue weighted by atomic mass is 10.0. The fourth-order valence-corrected chi connectivity index (χ4v) is 4.03. The van der Waals surface area contributed by atoms with Crippen molar-refractivity contribution in [2.45, 2.75) is 19.9 Å². The summed E-state index contributed by atoms with van der Waals surface area (Å²) in [4.78, 5) is 41.8. The Morgan fingerprint density at radius 1 is 1.19 bits per heavy atom. The predicted molar refractivity (Wildman–Crippen MR) is 103 cm³/mol. The van der Waals surface area contributed by atoms with Crippen LogP contribution in [0, 0.1) is 6.92 Å². The van der Waals surface area contributed by atoms with Crippen LogP contribution in [0.3, 0.4) is 0 Å². The number of nitrogens with zero attached hydrogens (tertiary/aromatic N) is 2. The Hall–Kier alpha value is -2.51. The van der Waals surface area contributed by atoms with Gasteiger partial charge < -0.3 is 9.64 Å². The topological polar surface area (TPSA) is 66.9 Å². The number of ether oxygens (including phenoxy) is 1. The van der Waals surface area contributed by atoms with Gasteiger partial charge in [0, 0.05) is 37.7 Å². The Bertz CT molecular complexity index is 890. The Morgan fingerprint density at radius 3 is 2.59 bits per heavy atom. The minimum Gasteiger partial charge on any atom is -0.385 e. The van der Waals surface area contributed by atoms with Crippen LogP contribution in [0.15, 0.2) is 29.6 Å². The molecule has 7 heteroatoms. The molecule has 1 aliphatic rings. The Balaban J connectivity index is 1.77. The molecule has 1 aliphatic heterocycles. The molecule has 0 fully saturated rings. The lowest BCUT2D eigenvalue weighted by Gasteiger charge is -2.17. The molecule has 3 rings (SSSR count). The van der Waals surface area contributed by atoms with E-state index in [-0.39, 0.29) is 17.7 Å². The fourth-order valence-electron chi connectivity index (χ4n) is 3.07. The summed E-state index contributed by atoms with van der Waals surface area (Å²) in [7, 11) is 3.31. The van der Waals surface area contributed by atoms with E-state index in [1.165, 1.54) is 11.0 Å². The molecule has 2 aromatic rings. The van der Waals surface area contributed by atoms with Gasteiger partial charge in [0.15, 0.2) is 0 Å². The number of fused-ring (bicyclic) bond motifs is 1. The van der Waals surface area contributed by atoms with Crippen molar-refractivity contribution in [2.24, 2.45) is 0 Å². The van der Waals surface area contributed by atoms with Crippen LogP contribution in [0.1, 0.15) is 47.9 Å². The van der Waals surface area contributed by atoms with Crippen LogP contribution in [0.5, 0.6) is 0 Å². The van der Waals surface area contributed by atoms with Crippen LogP contribution in [0.25, 0.3) is 0 Å². The average Bonchev–Trinajstić information content (AvgIpc) is 3.17. The molecule has 2 heterocycles. The van der Waals surface area contributed by atoms with E-state index >= 15 is 0 Å². The summed E-state index contributed by atoms with van der Waals surface area (Å²) in [6.45, 7) is 3.31. The molecule has 27 heavy (non-hydrogen) atoms. The second-order valence-corrected chi connectivity index (χ2v) is 7.56. The summed E-state index contributed by atoms with van der Waals surface area (Å²) in [6.07, 6.45) is 0.580. The maximum Gasteiger partial charge on any atom is 0.261 e. The third-order valence-electron chi connectivity index (χ3n) is 4.64. The molecule has 0 N–H and O–H groups in total. The molecule has 1 aromatic carbocycles. The number of carbonyl (C=O) groups excluding carboxylic acids is 3. The Kier molecular flexibility index (Phi) is 5.72. The van der Waals surface area contributed by atoms with Crippen LogP contribution in [0.2, 0.25) is 0 Å². The van der Waals surface area contributed by atoms with E-state index in [1.807, 2.05) is 18.4 Å². The average molecular weight is 386 g/mol. The van der Waals surface area contributed by atoms with E-state index < -0.39 is 0 Å². The van der Waals surface area contributed by atoms with Crippen LogP contribution in [0.4, 0.5) is 0 Å². The zero-order chi connectivity index (χ0) is 19.6. The van der Waals surface area contributed by atoms with Gasteiger partial charge in [-0.2, -0.15) is 0 Å². The first kappa shape index (κ1) is 19.3. The van der Waals surface area contributed by atoms with Crippen LogP contribution in [-0.2, 0) is 11.3 Å². The first-order valence-electron chi connectivity index (χ1n) is 8.71. The second kappa shape index (κ2) is 8.02. The molecular formula is C20H22N2O4S. The molecule has 6 nitrogen and oxygen atoms in total. The van der Waals surface area contributed by atoms with Gasteiger partial charge in [0.05, 0.1) is 17.7 Å². The molecule has 1 aromatic heterocycles. The molecule has 142 valence electrons. The summed E-state index contributed by atoms with van der Waals surface area (Å²) in [5.74, 6) is -0.839. The highest BCUT2D eigenvalue weighted by Gasteiger charge is 2.35. The molecule has 0 aliphatic carbocycles. The van der Waals surface area contributed by atoms with E-state index in [4.69, 9.17) is 4.74 Å². The van der Waals surface area contributed by atoms with E-state index in [0.29, 0.717) is 42.8 Å². The van der Waals surface area contributed by atoms with E-state index in [9.17, 15) is 14.4 Å². The van der Waals surface area contributed by atoms with Crippen molar-refractivity contribution >= 4 is 29.1 Å². The quantitative estimate of drug-likeness (QED) is 0.542. The highest BCUT2D eigenvalue weighted by atomic mass is 32.1. The summed E-state index contributed by atoms with van der Waals surface area (Å²) < 4.78 is 4.98. The van der Waals surface area contributed by atoms with Gasteiger partial charge in [0.25, 0.3) is 17.7 Å². The molecule has 0 spiro atoms. The number of benzene rings is 1. The number of hydrogen-bond donors (Lipinski definition) is 0. The maximum absolute atomic E-state index is 12.8. The van der Waals surface area contributed by atoms with Crippen LogP contribution in [-0.4, -0.2) is 54.8 Å². The van der Waals surface area contributed by atoms with Gasteiger partial charge in [-0.3, -0.25) is 19.3 Å². The minimum atomic E-state index is -0.350. The molecule has 0 bridgehead atoms. The standard InChI is InChI=1S/C20H22N2O4S/c1-13-7-10-27-17(13)12-21(2)18(23)14-5-6-15-16(11-14)20(25)22(19(15)24)8-4-9-26-3/h5-7,10-11H,4,8-9,12H2,1-3H3. The van der Waals surface area contributed by atoms with Gasteiger partial charge >= 0.3 is 0 Å². The van der Waals surface area contributed by atoms with E-state index in [0.717, 1.165) is 10.4 Å². The molecule has 3 amide bonds. The zero-order valence-corrected chi connectivity index (χ0v) is 16.5. The predicted octanol–water partition coefficient (Wildman–Crippen LogP) is 2.96. The molecule has 0 atom stereocenters. The van der Waals surface area contributed by atoms with Crippen molar-refractivity contribution in [3.05, 3.63) is 56.8 Å². The third kappa shape index (κ3) is 3.79. The molecule has 0 unspecified atom stereocenters. The molecule has 0 saturated carbocycles. The normalized spacial score (nSPS) is 13.2. The fraction of sp³-hybridized carbons (Fsp3) is 0.350. The zero-order valence-electron chi connectivity index (χ0n) is 15.7. The number of thiophene rings is 1. The summed E-state index contributed by atoms with van der Waals surface area (Å²) in [5, 5.41) is 2.00. The third-order valence-corrected chi connectivity index (χ3v) is 5.65.